The third kappa shape index (κ3) is 9.53. The Balaban J connectivity index is 1.35. The number of piperidine rings is 1. The lowest BCUT2D eigenvalue weighted by Gasteiger charge is -2.31. The molecule has 1 aliphatic heterocycles. The van der Waals surface area contributed by atoms with Crippen LogP contribution >= 0.6 is 0 Å². The monoisotopic (exact) mass is 712 g/mol. The van der Waals surface area contributed by atoms with E-state index < -0.39 is 64.8 Å². The highest BCUT2D eigenvalue weighted by Gasteiger charge is 2.34. The maximum absolute atomic E-state index is 13.7. The number of halogens is 3. The molecule has 0 aromatic heterocycles. The predicted octanol–water partition coefficient (Wildman–Crippen LogP) is 4.62. The predicted molar refractivity (Wildman–Crippen MR) is 168 cm³/mol. The van der Waals surface area contributed by atoms with E-state index >= 15 is 0 Å². The fourth-order valence-electron chi connectivity index (χ4n) is 4.85. The Morgan fingerprint density at radius 2 is 1.49 bits per heavy atom. The Kier molecular flexibility index (Phi) is 11.0. The molecule has 0 spiro atoms. The number of carboxylic acids is 1. The van der Waals surface area contributed by atoms with Crippen LogP contribution in [0.1, 0.15) is 34.3 Å². The molecule has 0 bridgehead atoms. The average Bonchev–Trinajstić information content (AvgIpc) is 3.01. The van der Waals surface area contributed by atoms with Gasteiger partial charge in [-0.25, -0.2) is 34.8 Å². The number of rotatable bonds is 12. The van der Waals surface area contributed by atoms with Gasteiger partial charge in [0, 0.05) is 19.1 Å². The van der Waals surface area contributed by atoms with Gasteiger partial charge in [-0.1, -0.05) is 42.5 Å². The van der Waals surface area contributed by atoms with Crippen LogP contribution in [0.25, 0.3) is 6.08 Å². The van der Waals surface area contributed by atoms with E-state index in [-0.39, 0.29) is 26.0 Å². The van der Waals surface area contributed by atoms with Crippen molar-refractivity contribution < 1.29 is 48.3 Å². The number of hydrogen-bond donors (Lipinski definition) is 2. The SMILES string of the molecule is O=C(O)c1cccc(S(=O)(=O)CC=CN2CCC(NS(=O)(=O)CC=Cc3cc(S(=O)(=O)c4ccccc4)ccc3C(F)(F)F)CC2)c1. The number of hydrogen-bond acceptors (Lipinski definition) is 8. The van der Waals surface area contributed by atoms with Gasteiger partial charge in [-0.3, -0.25) is 0 Å². The normalized spacial score (nSPS) is 15.4. The third-order valence-corrected chi connectivity index (χ3v) is 11.9. The molecule has 1 heterocycles. The van der Waals surface area contributed by atoms with Gasteiger partial charge in [-0.15, -0.1) is 0 Å². The molecule has 3 aromatic carbocycles. The van der Waals surface area contributed by atoms with Crippen LogP contribution in [0, 0.1) is 0 Å². The van der Waals surface area contributed by atoms with E-state index in [0.29, 0.717) is 32.0 Å². The Hall–Kier alpha value is -3.99. The summed E-state index contributed by atoms with van der Waals surface area (Å²) in [5, 5.41) is 9.09. The summed E-state index contributed by atoms with van der Waals surface area (Å²) in [6.07, 6.45) is 0.895. The third-order valence-electron chi connectivity index (χ3n) is 7.25. The van der Waals surface area contributed by atoms with E-state index in [2.05, 4.69) is 4.72 Å². The second kappa shape index (κ2) is 14.4. The molecule has 3 aromatic rings. The number of nitrogens with zero attached hydrogens (tertiary/aromatic N) is 1. The molecule has 0 aliphatic carbocycles. The molecule has 0 amide bonds. The lowest BCUT2D eigenvalue weighted by molar-refractivity contribution is -0.137. The summed E-state index contributed by atoms with van der Waals surface area (Å²) < 4.78 is 120. The van der Waals surface area contributed by atoms with Gasteiger partial charge in [0.05, 0.1) is 37.3 Å². The molecule has 0 radical (unpaired) electrons. The zero-order valence-corrected chi connectivity index (χ0v) is 27.1. The first-order valence-corrected chi connectivity index (χ1v) is 18.9. The summed E-state index contributed by atoms with van der Waals surface area (Å²) in [6, 6.07) is 14.1. The van der Waals surface area contributed by atoms with E-state index in [9.17, 15) is 43.2 Å². The summed E-state index contributed by atoms with van der Waals surface area (Å²) >= 11 is 0. The number of sulfone groups is 2. The second-order valence-electron chi connectivity index (χ2n) is 10.7. The highest BCUT2D eigenvalue weighted by atomic mass is 32.2. The number of nitrogens with one attached hydrogen (secondary N) is 1. The minimum atomic E-state index is -4.82. The van der Waals surface area contributed by atoms with Crippen molar-refractivity contribution >= 4 is 41.7 Å². The topological polar surface area (TPSA) is 155 Å². The van der Waals surface area contributed by atoms with Crippen LogP contribution < -0.4 is 4.72 Å². The van der Waals surface area contributed by atoms with Crippen LogP contribution in [0.4, 0.5) is 13.2 Å². The molecule has 47 heavy (non-hydrogen) atoms. The molecule has 1 fully saturated rings. The second-order valence-corrected chi connectivity index (χ2v) is 16.5. The first-order chi connectivity index (χ1) is 22.0. The summed E-state index contributed by atoms with van der Waals surface area (Å²) in [4.78, 5) is 12.3. The molecular formula is C31H31F3N2O8S3. The minimum Gasteiger partial charge on any atom is -0.478 e. The number of sulfonamides is 1. The summed E-state index contributed by atoms with van der Waals surface area (Å²) in [6.45, 7) is 0.789. The lowest BCUT2D eigenvalue weighted by atomic mass is 10.1. The van der Waals surface area contributed by atoms with Gasteiger partial charge < -0.3 is 10.0 Å². The van der Waals surface area contributed by atoms with Crippen LogP contribution in [0.2, 0.25) is 0 Å². The zero-order valence-electron chi connectivity index (χ0n) is 24.7. The van der Waals surface area contributed by atoms with Crippen LogP contribution in [0.3, 0.4) is 0 Å². The van der Waals surface area contributed by atoms with Gasteiger partial charge in [0.2, 0.25) is 19.9 Å². The standard InChI is InChI=1S/C31H31F3N2O8S3/c32-31(33,34)29-13-12-28(47(43,44)26-9-2-1-3-10-26)21-23(29)8-5-20-46(41,42)35-25-14-17-36(18-15-25)16-6-19-45(39,40)27-11-4-7-24(22-27)30(37)38/h1-13,16,21-22,25,35H,14-15,17-20H2,(H,37,38). The molecule has 4 rings (SSSR count). The van der Waals surface area contributed by atoms with Gasteiger partial charge in [-0.2, -0.15) is 13.2 Å². The van der Waals surface area contributed by atoms with Crippen molar-refractivity contribution in [3.8, 4) is 0 Å². The molecule has 252 valence electrons. The van der Waals surface area contributed by atoms with Crippen molar-refractivity contribution in [2.75, 3.05) is 24.6 Å². The summed E-state index contributed by atoms with van der Waals surface area (Å²) in [5.41, 5.74) is -1.76. The van der Waals surface area contributed by atoms with Crippen molar-refractivity contribution in [2.24, 2.45) is 0 Å². The number of alkyl halides is 3. The highest BCUT2D eigenvalue weighted by Crippen LogP contribution is 2.35. The van der Waals surface area contributed by atoms with Crippen molar-refractivity contribution in [1.29, 1.82) is 0 Å². The molecule has 1 saturated heterocycles. The van der Waals surface area contributed by atoms with Crippen LogP contribution in [-0.4, -0.2) is 71.9 Å². The molecular weight excluding hydrogens is 682 g/mol. The fourth-order valence-corrected chi connectivity index (χ4v) is 8.48. The maximum atomic E-state index is 13.7. The van der Waals surface area contributed by atoms with Crippen molar-refractivity contribution in [1.82, 2.24) is 9.62 Å². The smallest absolute Gasteiger partial charge is 0.416 e. The molecule has 2 N–H and O–H groups in total. The number of likely N-dealkylation sites (tertiary alicyclic amines) is 1. The first-order valence-electron chi connectivity index (χ1n) is 14.1. The van der Waals surface area contributed by atoms with E-state index in [1.807, 2.05) is 4.90 Å². The molecule has 16 heteroatoms. The summed E-state index contributed by atoms with van der Waals surface area (Å²) in [5.74, 6) is -2.27. The van der Waals surface area contributed by atoms with E-state index in [1.165, 1.54) is 48.5 Å². The van der Waals surface area contributed by atoms with E-state index in [0.717, 1.165) is 30.4 Å². The number of carboxylic acid groups (broad SMARTS) is 1. The van der Waals surface area contributed by atoms with Crippen molar-refractivity contribution in [2.45, 2.75) is 39.7 Å². The Morgan fingerprint density at radius 1 is 0.830 bits per heavy atom. The zero-order chi connectivity index (χ0) is 34.5. The Bertz CT molecular complexity index is 1990. The van der Waals surface area contributed by atoms with Crippen LogP contribution in [0.5, 0.6) is 0 Å². The molecule has 0 unspecified atom stereocenters. The molecule has 10 nitrogen and oxygen atoms in total. The number of benzene rings is 3. The molecule has 1 aliphatic rings. The van der Waals surface area contributed by atoms with Gasteiger partial charge >= 0.3 is 12.1 Å². The van der Waals surface area contributed by atoms with Gasteiger partial charge in [-0.05, 0) is 73.1 Å². The Labute approximate surface area is 271 Å². The fraction of sp³-hybridized carbons (Fsp3) is 0.258. The summed E-state index contributed by atoms with van der Waals surface area (Å²) in [7, 11) is -11.9. The van der Waals surface area contributed by atoms with Crippen molar-refractivity contribution in [3.05, 3.63) is 108 Å². The largest absolute Gasteiger partial charge is 0.478 e. The van der Waals surface area contributed by atoms with Gasteiger partial charge in [0.15, 0.2) is 9.84 Å². The quantitative estimate of drug-likeness (QED) is 0.274. The minimum absolute atomic E-state index is 0.101. The highest BCUT2D eigenvalue weighted by molar-refractivity contribution is 7.92. The van der Waals surface area contributed by atoms with Crippen LogP contribution in [-0.2, 0) is 35.9 Å². The first kappa shape index (κ1) is 35.9. The number of carbonyl (C=O) groups is 1. The molecule has 0 atom stereocenters. The van der Waals surface area contributed by atoms with E-state index in [1.54, 1.807) is 12.3 Å². The lowest BCUT2D eigenvalue weighted by Crippen LogP contribution is -2.43. The number of aromatic carboxylic acids is 1. The van der Waals surface area contributed by atoms with Crippen LogP contribution in [0.15, 0.2) is 106 Å². The van der Waals surface area contributed by atoms with Gasteiger partial charge in [0.25, 0.3) is 0 Å². The average molecular weight is 713 g/mol. The van der Waals surface area contributed by atoms with E-state index in [4.69, 9.17) is 5.11 Å². The van der Waals surface area contributed by atoms with Gasteiger partial charge in [0.1, 0.15) is 0 Å². The Morgan fingerprint density at radius 3 is 2.13 bits per heavy atom. The maximum Gasteiger partial charge on any atom is 0.416 e. The molecule has 0 saturated carbocycles. The van der Waals surface area contributed by atoms with Crippen molar-refractivity contribution in [3.63, 3.8) is 0 Å².